The first-order chi connectivity index (χ1) is 14.9. The van der Waals surface area contributed by atoms with Gasteiger partial charge in [0.25, 0.3) is 0 Å². The summed E-state index contributed by atoms with van der Waals surface area (Å²) >= 11 is 0. The molecule has 2 aromatic carbocycles. The Kier molecular flexibility index (Phi) is 6.20. The highest BCUT2D eigenvalue weighted by Crippen LogP contribution is 2.25. The van der Waals surface area contributed by atoms with Gasteiger partial charge in [-0.1, -0.05) is 30.3 Å². The van der Waals surface area contributed by atoms with Crippen LogP contribution in [0.2, 0.25) is 0 Å². The number of sulfonamides is 1. The summed E-state index contributed by atoms with van der Waals surface area (Å²) in [5.41, 5.74) is 2.51. The zero-order valence-corrected chi connectivity index (χ0v) is 18.3. The number of benzene rings is 2. The number of rotatable bonds is 8. The topological polar surface area (TPSA) is 75.5 Å². The lowest BCUT2D eigenvalue weighted by atomic mass is 10.1. The lowest BCUT2D eigenvalue weighted by molar-refractivity contribution is -0.117. The Morgan fingerprint density at radius 3 is 2.39 bits per heavy atom. The van der Waals surface area contributed by atoms with Gasteiger partial charge in [-0.25, -0.2) is 8.42 Å². The van der Waals surface area contributed by atoms with E-state index in [-0.39, 0.29) is 17.3 Å². The molecule has 2 heterocycles. The molecule has 0 unspecified atom stereocenters. The monoisotopic (exact) mass is 438 g/mol. The average molecular weight is 439 g/mol. The molecule has 162 valence electrons. The lowest BCUT2D eigenvalue weighted by Gasteiger charge is -2.22. The molecule has 3 aromatic rings. The van der Waals surface area contributed by atoms with E-state index >= 15 is 0 Å². The first-order valence-corrected chi connectivity index (χ1v) is 11.8. The second kappa shape index (κ2) is 9.03. The Morgan fingerprint density at radius 1 is 1.03 bits per heavy atom. The van der Waals surface area contributed by atoms with E-state index in [9.17, 15) is 13.2 Å². The predicted octanol–water partition coefficient (Wildman–Crippen LogP) is 2.98. The highest BCUT2D eigenvalue weighted by Gasteiger charge is 2.27. The van der Waals surface area contributed by atoms with Gasteiger partial charge in [0, 0.05) is 38.4 Å². The Hall–Kier alpha value is -2.97. The van der Waals surface area contributed by atoms with Crippen molar-refractivity contribution in [3.63, 3.8) is 0 Å². The fourth-order valence-electron chi connectivity index (χ4n) is 3.78. The molecular weight excluding hydrogens is 412 g/mol. The molecule has 0 radical (unpaired) electrons. The van der Waals surface area contributed by atoms with E-state index in [0.29, 0.717) is 31.6 Å². The van der Waals surface area contributed by atoms with Crippen LogP contribution in [0.5, 0.6) is 0 Å². The zero-order chi connectivity index (χ0) is 21.8. The molecule has 0 spiro atoms. The molecule has 1 aliphatic rings. The normalized spacial score (nSPS) is 14.5. The van der Waals surface area contributed by atoms with Crippen LogP contribution < -0.4 is 4.90 Å². The maximum Gasteiger partial charge on any atom is 0.243 e. The van der Waals surface area contributed by atoms with E-state index in [1.165, 1.54) is 4.31 Å². The van der Waals surface area contributed by atoms with E-state index in [0.717, 1.165) is 17.7 Å². The van der Waals surface area contributed by atoms with Crippen molar-refractivity contribution < 1.29 is 13.2 Å². The van der Waals surface area contributed by atoms with E-state index in [4.69, 9.17) is 0 Å². The molecule has 8 heteroatoms. The van der Waals surface area contributed by atoms with Crippen molar-refractivity contribution in [2.45, 2.75) is 30.7 Å². The molecule has 4 rings (SSSR count). The molecule has 0 N–H and O–H groups in total. The zero-order valence-electron chi connectivity index (χ0n) is 17.5. The number of anilines is 1. The predicted molar refractivity (Wildman–Crippen MR) is 119 cm³/mol. The maximum absolute atomic E-state index is 13.5. The summed E-state index contributed by atoms with van der Waals surface area (Å²) in [4.78, 5) is 13.9. The van der Waals surface area contributed by atoms with E-state index in [2.05, 4.69) is 5.10 Å². The fraction of sp³-hybridized carbons (Fsp3) is 0.304. The summed E-state index contributed by atoms with van der Waals surface area (Å²) in [7, 11) is -1.92. The van der Waals surface area contributed by atoms with Gasteiger partial charge in [-0.15, -0.1) is 0 Å². The standard InChI is InChI=1S/C23H26N4O3S/c1-25-16-14-20(24-25)18-26(17-13-19-6-3-2-4-7-19)31(29,30)22-11-9-21(10-12-22)27-15-5-8-23(27)28/h2-4,6-7,9-12,14,16H,5,8,13,15,17-18H2,1H3. The highest BCUT2D eigenvalue weighted by molar-refractivity contribution is 7.89. The number of hydrogen-bond acceptors (Lipinski definition) is 4. The summed E-state index contributed by atoms with van der Waals surface area (Å²) < 4.78 is 30.1. The molecular formula is C23H26N4O3S. The third-order valence-corrected chi connectivity index (χ3v) is 7.32. The minimum Gasteiger partial charge on any atom is -0.312 e. The fourth-order valence-corrected chi connectivity index (χ4v) is 5.19. The number of amides is 1. The summed E-state index contributed by atoms with van der Waals surface area (Å²) in [6.07, 6.45) is 3.78. The van der Waals surface area contributed by atoms with Crippen LogP contribution in [0.25, 0.3) is 0 Å². The molecule has 1 fully saturated rings. The molecule has 7 nitrogen and oxygen atoms in total. The number of carbonyl (C=O) groups excluding carboxylic acids is 1. The van der Waals surface area contributed by atoms with Gasteiger partial charge in [-0.2, -0.15) is 9.40 Å². The molecule has 0 aliphatic carbocycles. The van der Waals surface area contributed by atoms with E-state index in [1.807, 2.05) is 43.4 Å². The van der Waals surface area contributed by atoms with Crippen LogP contribution in [0.3, 0.4) is 0 Å². The van der Waals surface area contributed by atoms with Crippen LogP contribution in [0.4, 0.5) is 5.69 Å². The maximum atomic E-state index is 13.5. The van der Waals surface area contributed by atoms with Gasteiger partial charge in [0.1, 0.15) is 0 Å². The SMILES string of the molecule is Cn1ccc(CN(CCc2ccccc2)S(=O)(=O)c2ccc(N3CCCC3=O)cc2)n1. The van der Waals surface area contributed by atoms with Crippen LogP contribution in [-0.2, 0) is 34.8 Å². The molecule has 0 bridgehead atoms. The van der Waals surface area contributed by atoms with Gasteiger partial charge in [0.2, 0.25) is 15.9 Å². The molecule has 1 aromatic heterocycles. The van der Waals surface area contributed by atoms with Crippen molar-refractivity contribution in [3.8, 4) is 0 Å². The van der Waals surface area contributed by atoms with Gasteiger partial charge >= 0.3 is 0 Å². The number of aryl methyl sites for hydroxylation is 1. The van der Waals surface area contributed by atoms with E-state index in [1.54, 1.807) is 40.0 Å². The first kappa shape index (κ1) is 21.3. The molecule has 0 atom stereocenters. The lowest BCUT2D eigenvalue weighted by Crippen LogP contribution is -2.33. The van der Waals surface area contributed by atoms with Gasteiger partial charge in [0.05, 0.1) is 17.1 Å². The van der Waals surface area contributed by atoms with E-state index < -0.39 is 10.0 Å². The molecule has 31 heavy (non-hydrogen) atoms. The summed E-state index contributed by atoms with van der Waals surface area (Å²) in [5, 5.41) is 4.35. The van der Waals surface area contributed by atoms with Gasteiger partial charge in [0.15, 0.2) is 0 Å². The Labute approximate surface area is 183 Å². The summed E-state index contributed by atoms with van der Waals surface area (Å²) in [6, 6.07) is 18.3. The number of nitrogens with zero attached hydrogens (tertiary/aromatic N) is 4. The van der Waals surface area contributed by atoms with Crippen molar-refractivity contribution in [2.24, 2.45) is 7.05 Å². The second-order valence-corrected chi connectivity index (χ2v) is 9.64. The minimum absolute atomic E-state index is 0.0789. The van der Waals surface area contributed by atoms with Crippen molar-refractivity contribution in [3.05, 3.63) is 78.1 Å². The van der Waals surface area contributed by atoms with Gasteiger partial charge in [-0.3, -0.25) is 9.48 Å². The summed E-state index contributed by atoms with van der Waals surface area (Å²) in [5.74, 6) is 0.0789. The molecule has 1 aliphatic heterocycles. The van der Waals surface area contributed by atoms with Crippen LogP contribution in [-0.4, -0.2) is 41.5 Å². The van der Waals surface area contributed by atoms with Crippen molar-refractivity contribution in [1.29, 1.82) is 0 Å². The average Bonchev–Trinajstić information content (AvgIpc) is 3.39. The Morgan fingerprint density at radius 2 is 1.77 bits per heavy atom. The van der Waals surface area contributed by atoms with Crippen molar-refractivity contribution >= 4 is 21.6 Å². The smallest absolute Gasteiger partial charge is 0.243 e. The molecule has 1 saturated heterocycles. The van der Waals surface area contributed by atoms with Crippen LogP contribution in [0.1, 0.15) is 24.1 Å². The second-order valence-electron chi connectivity index (χ2n) is 7.70. The van der Waals surface area contributed by atoms with Crippen LogP contribution in [0.15, 0.2) is 71.8 Å². The quantitative estimate of drug-likeness (QED) is 0.542. The van der Waals surface area contributed by atoms with Crippen LogP contribution in [0, 0.1) is 0 Å². The molecule has 0 saturated carbocycles. The third kappa shape index (κ3) is 4.86. The first-order valence-electron chi connectivity index (χ1n) is 10.4. The van der Waals surface area contributed by atoms with Crippen LogP contribution >= 0.6 is 0 Å². The highest BCUT2D eigenvalue weighted by atomic mass is 32.2. The van der Waals surface area contributed by atoms with Gasteiger partial charge < -0.3 is 4.90 Å². The van der Waals surface area contributed by atoms with Gasteiger partial charge in [-0.05, 0) is 48.7 Å². The summed E-state index contributed by atoms with van der Waals surface area (Å²) in [6.45, 7) is 1.21. The Balaban J connectivity index is 1.57. The Bertz CT molecular complexity index is 1140. The largest absolute Gasteiger partial charge is 0.312 e. The molecule has 1 amide bonds. The number of hydrogen-bond donors (Lipinski definition) is 0. The minimum atomic E-state index is -3.73. The third-order valence-electron chi connectivity index (χ3n) is 5.46. The van der Waals surface area contributed by atoms with Crippen molar-refractivity contribution in [1.82, 2.24) is 14.1 Å². The number of aromatic nitrogens is 2. The number of carbonyl (C=O) groups is 1. The van der Waals surface area contributed by atoms with Crippen molar-refractivity contribution in [2.75, 3.05) is 18.0 Å².